The number of carbonyl (C=O) groups is 1. The average Bonchev–Trinajstić information content (AvgIpc) is 3.40. The summed E-state index contributed by atoms with van der Waals surface area (Å²) in [7, 11) is -3.57. The molecule has 1 aliphatic heterocycles. The monoisotopic (exact) mass is 433 g/mol. The van der Waals surface area contributed by atoms with Crippen LogP contribution in [0.15, 0.2) is 15.5 Å². The van der Waals surface area contributed by atoms with E-state index < -0.39 is 21.5 Å². The molecule has 0 saturated carbocycles. The molecule has 1 atom stereocenters. The summed E-state index contributed by atoms with van der Waals surface area (Å²) in [5, 5.41) is 12.9. The van der Waals surface area contributed by atoms with Gasteiger partial charge >= 0.3 is 6.03 Å². The summed E-state index contributed by atoms with van der Waals surface area (Å²) in [4.78, 5) is 12.8. The van der Waals surface area contributed by atoms with Gasteiger partial charge in [0.2, 0.25) is 5.88 Å². The number of nitrogens with two attached hydrogens (primary N) is 1. The number of ether oxygens (including phenoxy) is 1. The molecule has 0 radical (unpaired) electrons. The maximum absolute atomic E-state index is 14.8. The smallest absolute Gasteiger partial charge is 0.354 e. The summed E-state index contributed by atoms with van der Waals surface area (Å²) >= 11 is 0. The molecule has 1 aromatic heterocycles. The molecule has 0 bridgehead atoms. The molecule has 2 heterocycles. The van der Waals surface area contributed by atoms with Crippen molar-refractivity contribution < 1.29 is 18.1 Å². The zero-order valence-corrected chi connectivity index (χ0v) is 17.8. The van der Waals surface area contributed by atoms with Gasteiger partial charge in [0.15, 0.2) is 9.92 Å². The number of fused-ring (bicyclic) bond motifs is 3. The van der Waals surface area contributed by atoms with E-state index in [1.807, 2.05) is 13.8 Å². The molecule has 5 rings (SSSR count). The van der Waals surface area contributed by atoms with Gasteiger partial charge in [0, 0.05) is 5.69 Å². The fourth-order valence-electron chi connectivity index (χ4n) is 4.77. The summed E-state index contributed by atoms with van der Waals surface area (Å²) < 4.78 is 39.0. The second-order valence-electron chi connectivity index (χ2n) is 8.73. The lowest BCUT2D eigenvalue weighted by atomic mass is 9.98. The van der Waals surface area contributed by atoms with E-state index in [-0.39, 0.29) is 16.6 Å². The number of benzene rings is 1. The third-order valence-corrected chi connectivity index (χ3v) is 7.35. The zero-order valence-electron chi connectivity index (χ0n) is 17.0. The van der Waals surface area contributed by atoms with Crippen LogP contribution in [0.5, 0.6) is 5.88 Å². The van der Waals surface area contributed by atoms with Crippen LogP contribution in [0.1, 0.15) is 48.9 Å². The highest BCUT2D eigenvalue weighted by Crippen LogP contribution is 2.41. The van der Waals surface area contributed by atoms with E-state index in [9.17, 15) is 13.4 Å². The minimum absolute atomic E-state index is 0.0952. The first kappa shape index (κ1) is 19.5. The number of nitrogens with one attached hydrogen (secondary N) is 1. The topological polar surface area (TPSA) is 112 Å². The molecule has 2 aliphatic carbocycles. The number of hydrogen-bond donors (Lipinski definition) is 2. The maximum Gasteiger partial charge on any atom is 0.354 e. The predicted molar refractivity (Wildman–Crippen MR) is 109 cm³/mol. The molecule has 160 valence electrons. The Morgan fingerprint density at radius 2 is 1.83 bits per heavy atom. The van der Waals surface area contributed by atoms with Gasteiger partial charge in [-0.05, 0) is 74.6 Å². The van der Waals surface area contributed by atoms with E-state index in [0.29, 0.717) is 49.0 Å². The van der Waals surface area contributed by atoms with Crippen LogP contribution >= 0.6 is 0 Å². The summed E-state index contributed by atoms with van der Waals surface area (Å²) in [6, 6.07) is -0.811. The highest BCUT2D eigenvalue weighted by molar-refractivity contribution is 7.91. The van der Waals surface area contributed by atoms with Crippen molar-refractivity contribution >= 4 is 21.6 Å². The van der Waals surface area contributed by atoms with Gasteiger partial charge in [-0.3, -0.25) is 0 Å². The molecular formula is C20H24FN5O3S. The molecule has 0 fully saturated rings. The lowest BCUT2D eigenvalue weighted by molar-refractivity contribution is 0.132. The molecule has 8 nitrogen and oxygen atoms in total. The van der Waals surface area contributed by atoms with Gasteiger partial charge in [-0.2, -0.15) is 5.10 Å². The predicted octanol–water partition coefficient (Wildman–Crippen LogP) is 3.10. The highest BCUT2D eigenvalue weighted by atomic mass is 32.2. The van der Waals surface area contributed by atoms with Crippen molar-refractivity contribution in [2.24, 2.45) is 9.50 Å². The fraction of sp³-hybridized carbons (Fsp3) is 0.500. The molecule has 3 N–H and O–H groups in total. The summed E-state index contributed by atoms with van der Waals surface area (Å²) in [5.74, 6) is 0.149. The molecule has 30 heavy (non-hydrogen) atoms. The van der Waals surface area contributed by atoms with Gasteiger partial charge in [-0.1, -0.05) is 0 Å². The van der Waals surface area contributed by atoms with Crippen molar-refractivity contribution in [1.82, 2.24) is 9.78 Å². The SMILES string of the molecule is CC1(C)Cn2ncc([S@@](N)(=O)=NC(=O)Nc3c4c(c(F)c5c3CCC5)CCC4)c2O1. The first-order valence-corrected chi connectivity index (χ1v) is 11.7. The number of halogens is 1. The lowest BCUT2D eigenvalue weighted by Gasteiger charge is -2.17. The van der Waals surface area contributed by atoms with Gasteiger partial charge in [0.05, 0.1) is 12.7 Å². The Labute approximate surface area is 174 Å². The van der Waals surface area contributed by atoms with Crippen molar-refractivity contribution in [3.8, 4) is 5.88 Å². The van der Waals surface area contributed by atoms with Crippen molar-refractivity contribution in [3.05, 3.63) is 34.3 Å². The van der Waals surface area contributed by atoms with E-state index in [1.165, 1.54) is 6.20 Å². The maximum atomic E-state index is 14.8. The number of hydrogen-bond acceptors (Lipinski definition) is 4. The third-order valence-electron chi connectivity index (χ3n) is 6.00. The van der Waals surface area contributed by atoms with E-state index in [0.717, 1.165) is 24.0 Å². The number of carbonyl (C=O) groups excluding carboxylic acids is 1. The number of nitrogens with zero attached hydrogens (tertiary/aromatic N) is 3. The normalized spacial score (nSPS) is 20.1. The van der Waals surface area contributed by atoms with Crippen LogP contribution in [0.4, 0.5) is 14.9 Å². The van der Waals surface area contributed by atoms with Crippen LogP contribution in [0.2, 0.25) is 0 Å². The van der Waals surface area contributed by atoms with Gasteiger partial charge in [0.25, 0.3) is 0 Å². The van der Waals surface area contributed by atoms with E-state index in [1.54, 1.807) is 4.68 Å². The van der Waals surface area contributed by atoms with Gasteiger partial charge in [0.1, 0.15) is 16.3 Å². The van der Waals surface area contributed by atoms with E-state index in [4.69, 9.17) is 9.88 Å². The molecule has 2 amide bonds. The second kappa shape index (κ2) is 6.52. The van der Waals surface area contributed by atoms with Crippen LogP contribution in [0.25, 0.3) is 0 Å². The minimum Gasteiger partial charge on any atom is -0.469 e. The first-order chi connectivity index (χ1) is 14.2. The summed E-state index contributed by atoms with van der Waals surface area (Å²) in [6.07, 6.45) is 5.75. The molecule has 0 spiro atoms. The number of anilines is 1. The Hall–Kier alpha value is -2.46. The number of rotatable bonds is 2. The Kier molecular flexibility index (Phi) is 4.24. The number of urea groups is 1. The summed E-state index contributed by atoms with van der Waals surface area (Å²) in [5.41, 5.74) is 3.14. The first-order valence-electron chi connectivity index (χ1n) is 10.1. The van der Waals surface area contributed by atoms with Crippen LogP contribution in [-0.4, -0.2) is 25.6 Å². The Morgan fingerprint density at radius 3 is 2.47 bits per heavy atom. The fourth-order valence-corrected chi connectivity index (χ4v) is 5.75. The van der Waals surface area contributed by atoms with Crippen molar-refractivity contribution in [2.75, 3.05) is 5.32 Å². The van der Waals surface area contributed by atoms with Crippen molar-refractivity contribution in [3.63, 3.8) is 0 Å². The third kappa shape index (κ3) is 3.01. The van der Waals surface area contributed by atoms with E-state index in [2.05, 4.69) is 14.8 Å². The molecule has 2 aromatic rings. The highest BCUT2D eigenvalue weighted by Gasteiger charge is 2.36. The van der Waals surface area contributed by atoms with Crippen LogP contribution in [-0.2, 0) is 42.1 Å². The van der Waals surface area contributed by atoms with Crippen LogP contribution < -0.4 is 15.2 Å². The Balaban J connectivity index is 1.50. The Morgan fingerprint density at radius 1 is 1.23 bits per heavy atom. The standard InChI is InChI=1S/C20H24FN5O3S/c1-20(2)10-26-18(29-20)15(9-23-26)30(22,28)25-19(27)24-17-13-7-3-5-11(13)16(21)12-6-4-8-14(12)17/h9H,3-8,10H2,1-2H3,(H3,22,24,25,27,28)/t30-/m0/s1. The van der Waals surface area contributed by atoms with Gasteiger partial charge in [-0.15, -0.1) is 4.36 Å². The van der Waals surface area contributed by atoms with Crippen molar-refractivity contribution in [2.45, 2.75) is 69.4 Å². The summed E-state index contributed by atoms with van der Waals surface area (Å²) in [6.45, 7) is 4.24. The molecule has 0 unspecified atom stereocenters. The van der Waals surface area contributed by atoms with Crippen LogP contribution in [0.3, 0.4) is 0 Å². The van der Waals surface area contributed by atoms with E-state index >= 15 is 0 Å². The molecule has 10 heteroatoms. The van der Waals surface area contributed by atoms with Gasteiger partial charge in [-0.25, -0.2) is 23.2 Å². The van der Waals surface area contributed by atoms with Crippen LogP contribution in [0, 0.1) is 5.82 Å². The quantitative estimate of drug-likeness (QED) is 0.758. The average molecular weight is 434 g/mol. The van der Waals surface area contributed by atoms with Crippen molar-refractivity contribution in [1.29, 1.82) is 0 Å². The molecular weight excluding hydrogens is 409 g/mol. The molecule has 0 saturated heterocycles. The Bertz CT molecular complexity index is 1170. The molecule has 1 aromatic carbocycles. The number of aromatic nitrogens is 2. The largest absolute Gasteiger partial charge is 0.469 e. The second-order valence-corrected chi connectivity index (χ2v) is 10.5. The lowest BCUT2D eigenvalue weighted by Crippen LogP contribution is -2.27. The minimum atomic E-state index is -3.57. The zero-order chi connectivity index (χ0) is 21.3. The van der Waals surface area contributed by atoms with Gasteiger partial charge < -0.3 is 10.1 Å². The number of amides is 2. The molecule has 3 aliphatic rings.